The minimum atomic E-state index is -0.777. The van der Waals surface area contributed by atoms with Crippen LogP contribution < -0.4 is 5.32 Å². The largest absolute Gasteiger partial charge is 0.324 e. The van der Waals surface area contributed by atoms with E-state index in [1.807, 2.05) is 0 Å². The van der Waals surface area contributed by atoms with Gasteiger partial charge in [-0.1, -0.05) is 6.07 Å². The second kappa shape index (κ2) is 5.15. The fourth-order valence-corrected chi connectivity index (χ4v) is 1.22. The van der Waals surface area contributed by atoms with E-state index in [2.05, 4.69) is 5.32 Å². The van der Waals surface area contributed by atoms with E-state index in [1.165, 1.54) is 18.2 Å². The lowest BCUT2D eigenvalue weighted by molar-refractivity contribution is -0.122. The van der Waals surface area contributed by atoms with E-state index in [9.17, 15) is 9.18 Å². The summed E-state index contributed by atoms with van der Waals surface area (Å²) in [7, 11) is 0. The van der Waals surface area contributed by atoms with Gasteiger partial charge in [-0.05, 0) is 26.0 Å². The highest BCUT2D eigenvalue weighted by atomic mass is 35.5. The van der Waals surface area contributed by atoms with Crippen LogP contribution in [0.4, 0.5) is 10.1 Å². The van der Waals surface area contributed by atoms with E-state index >= 15 is 0 Å². The molecule has 0 fully saturated rings. The summed E-state index contributed by atoms with van der Waals surface area (Å²) in [6.07, 6.45) is 0. The van der Waals surface area contributed by atoms with Crippen LogP contribution >= 0.6 is 11.6 Å². The SMILES string of the molecule is CC(C)(CCl)C(=O)Nc1cccc(F)c1C#N. The number of alkyl halides is 1. The van der Waals surface area contributed by atoms with Gasteiger partial charge in [0.05, 0.1) is 11.1 Å². The van der Waals surface area contributed by atoms with Gasteiger partial charge in [0.1, 0.15) is 17.4 Å². The van der Waals surface area contributed by atoms with Gasteiger partial charge in [0, 0.05) is 5.88 Å². The Hall–Kier alpha value is -1.60. The minimum Gasteiger partial charge on any atom is -0.324 e. The summed E-state index contributed by atoms with van der Waals surface area (Å²) in [6.45, 7) is 3.33. The number of anilines is 1. The maximum absolute atomic E-state index is 13.3. The normalized spacial score (nSPS) is 10.8. The standard InChI is InChI=1S/C12H12ClFN2O/c1-12(2,7-13)11(17)16-10-5-3-4-9(14)8(10)6-15/h3-5H,7H2,1-2H3,(H,16,17). The molecule has 0 saturated heterocycles. The van der Waals surface area contributed by atoms with E-state index < -0.39 is 11.2 Å². The third-order valence-corrected chi connectivity index (χ3v) is 2.99. The fourth-order valence-electron chi connectivity index (χ4n) is 1.09. The number of nitriles is 1. The number of rotatable bonds is 3. The van der Waals surface area contributed by atoms with Gasteiger partial charge in [0.25, 0.3) is 0 Å². The van der Waals surface area contributed by atoms with E-state index in [-0.39, 0.29) is 23.0 Å². The summed E-state index contributed by atoms with van der Waals surface area (Å²) in [5.74, 6) is -0.876. The van der Waals surface area contributed by atoms with Gasteiger partial charge < -0.3 is 5.32 Å². The lowest BCUT2D eigenvalue weighted by atomic mass is 9.95. The first-order valence-corrected chi connectivity index (χ1v) is 5.52. The molecule has 5 heteroatoms. The van der Waals surface area contributed by atoms with Crippen molar-refractivity contribution in [2.45, 2.75) is 13.8 Å². The molecule has 0 aliphatic carbocycles. The van der Waals surface area contributed by atoms with Crippen molar-refractivity contribution in [1.82, 2.24) is 0 Å². The molecule has 90 valence electrons. The maximum Gasteiger partial charge on any atom is 0.231 e. The van der Waals surface area contributed by atoms with E-state index in [1.54, 1.807) is 19.9 Å². The first-order chi connectivity index (χ1) is 7.92. The summed E-state index contributed by atoms with van der Waals surface area (Å²) in [5, 5.41) is 11.3. The van der Waals surface area contributed by atoms with Gasteiger partial charge in [0.15, 0.2) is 0 Å². The Morgan fingerprint density at radius 2 is 2.24 bits per heavy atom. The number of amides is 1. The van der Waals surface area contributed by atoms with Crippen LogP contribution in [0.25, 0.3) is 0 Å². The third-order valence-electron chi connectivity index (χ3n) is 2.32. The molecule has 1 aromatic carbocycles. The van der Waals surface area contributed by atoms with Gasteiger partial charge in [0.2, 0.25) is 5.91 Å². The zero-order valence-electron chi connectivity index (χ0n) is 9.55. The van der Waals surface area contributed by atoms with Crippen LogP contribution in [0.5, 0.6) is 0 Å². The van der Waals surface area contributed by atoms with E-state index in [4.69, 9.17) is 16.9 Å². The molecule has 0 aromatic heterocycles. The Bertz CT molecular complexity index is 480. The Kier molecular flexibility index (Phi) is 4.08. The fraction of sp³-hybridized carbons (Fsp3) is 0.333. The van der Waals surface area contributed by atoms with Crippen molar-refractivity contribution >= 4 is 23.2 Å². The smallest absolute Gasteiger partial charge is 0.231 e. The van der Waals surface area contributed by atoms with E-state index in [0.29, 0.717) is 0 Å². The topological polar surface area (TPSA) is 52.9 Å². The monoisotopic (exact) mass is 254 g/mol. The molecule has 0 spiro atoms. The molecule has 0 bridgehead atoms. The number of carbonyl (C=O) groups is 1. The summed E-state index contributed by atoms with van der Waals surface area (Å²) in [6, 6.07) is 5.79. The van der Waals surface area contributed by atoms with Gasteiger partial charge >= 0.3 is 0 Å². The number of benzene rings is 1. The second-order valence-corrected chi connectivity index (χ2v) is 4.51. The second-order valence-electron chi connectivity index (χ2n) is 4.25. The highest BCUT2D eigenvalue weighted by Crippen LogP contribution is 2.23. The maximum atomic E-state index is 13.3. The molecule has 0 atom stereocenters. The van der Waals surface area contributed by atoms with Crippen LogP contribution in [0.2, 0.25) is 0 Å². The van der Waals surface area contributed by atoms with Crippen LogP contribution in [0.3, 0.4) is 0 Å². The number of nitrogens with one attached hydrogen (secondary N) is 1. The number of hydrogen-bond donors (Lipinski definition) is 1. The molecule has 0 saturated carbocycles. The molecule has 0 aliphatic rings. The Balaban J connectivity index is 3.02. The van der Waals surface area contributed by atoms with Crippen molar-refractivity contribution in [1.29, 1.82) is 5.26 Å². The molecule has 0 aliphatic heterocycles. The number of halogens is 2. The van der Waals surface area contributed by atoms with Crippen molar-refractivity contribution in [3.8, 4) is 6.07 Å². The van der Waals surface area contributed by atoms with Crippen molar-refractivity contribution in [3.05, 3.63) is 29.6 Å². The van der Waals surface area contributed by atoms with Crippen LogP contribution in [0.1, 0.15) is 19.4 Å². The highest BCUT2D eigenvalue weighted by Gasteiger charge is 2.27. The zero-order chi connectivity index (χ0) is 13.1. The average Bonchev–Trinajstić information content (AvgIpc) is 2.29. The average molecular weight is 255 g/mol. The Labute approximate surface area is 104 Å². The number of nitrogens with zero attached hydrogens (tertiary/aromatic N) is 1. The quantitative estimate of drug-likeness (QED) is 0.844. The van der Waals surface area contributed by atoms with E-state index in [0.717, 1.165) is 0 Å². The molecule has 0 heterocycles. The first kappa shape index (κ1) is 13.5. The molecule has 17 heavy (non-hydrogen) atoms. The molecular weight excluding hydrogens is 243 g/mol. The van der Waals surface area contributed by atoms with Crippen molar-refractivity contribution < 1.29 is 9.18 Å². The summed E-state index contributed by atoms with van der Waals surface area (Å²) in [4.78, 5) is 11.8. The van der Waals surface area contributed by atoms with Crippen molar-refractivity contribution in [2.24, 2.45) is 5.41 Å². The Morgan fingerprint density at radius 3 is 2.76 bits per heavy atom. The molecule has 0 radical (unpaired) electrons. The van der Waals surface area contributed by atoms with Crippen LogP contribution in [-0.2, 0) is 4.79 Å². The summed E-state index contributed by atoms with van der Waals surface area (Å²) < 4.78 is 13.3. The first-order valence-electron chi connectivity index (χ1n) is 4.98. The van der Waals surface area contributed by atoms with Crippen molar-refractivity contribution in [3.63, 3.8) is 0 Å². The molecule has 0 unspecified atom stereocenters. The lowest BCUT2D eigenvalue weighted by Gasteiger charge is -2.20. The molecule has 1 aromatic rings. The molecular formula is C12H12ClFN2O. The summed E-state index contributed by atoms with van der Waals surface area (Å²) >= 11 is 5.66. The molecule has 1 rings (SSSR count). The molecule has 3 nitrogen and oxygen atoms in total. The predicted octanol–water partition coefficient (Wildman–Crippen LogP) is 2.90. The lowest BCUT2D eigenvalue weighted by Crippen LogP contribution is -2.32. The van der Waals surface area contributed by atoms with Crippen LogP contribution in [0.15, 0.2) is 18.2 Å². The van der Waals surface area contributed by atoms with Gasteiger partial charge in [-0.15, -0.1) is 11.6 Å². The molecule has 1 amide bonds. The van der Waals surface area contributed by atoms with Gasteiger partial charge in [-0.3, -0.25) is 4.79 Å². The minimum absolute atomic E-state index is 0.135. The highest BCUT2D eigenvalue weighted by molar-refractivity contribution is 6.20. The third kappa shape index (κ3) is 2.95. The van der Waals surface area contributed by atoms with Gasteiger partial charge in [-0.25, -0.2) is 4.39 Å². The Morgan fingerprint density at radius 1 is 1.59 bits per heavy atom. The van der Waals surface area contributed by atoms with Crippen LogP contribution in [0, 0.1) is 22.6 Å². The zero-order valence-corrected chi connectivity index (χ0v) is 10.3. The van der Waals surface area contributed by atoms with Crippen LogP contribution in [-0.4, -0.2) is 11.8 Å². The van der Waals surface area contributed by atoms with Crippen molar-refractivity contribution in [2.75, 3.05) is 11.2 Å². The summed E-state index contributed by atoms with van der Waals surface area (Å²) in [5.41, 5.74) is -0.789. The van der Waals surface area contributed by atoms with Gasteiger partial charge in [-0.2, -0.15) is 5.26 Å². The number of hydrogen-bond acceptors (Lipinski definition) is 2. The molecule has 1 N–H and O–H groups in total. The predicted molar refractivity (Wildman–Crippen MR) is 64.2 cm³/mol. The number of carbonyl (C=O) groups excluding carboxylic acids is 1.